The number of benzene rings is 6. The summed E-state index contributed by atoms with van der Waals surface area (Å²) in [5.41, 5.74) is 13.9. The SMILES string of the molecule is Cc1cccc(C)c1-c1ccc2c(c1)c1ccc(Oc3[c-]c4c(cc3)c3cc(-c5c(C)cccc5C)ccc3n3ccnc43)[c-]c1c1nccn21.[Pt+2]. The number of pyridine rings is 2. The summed E-state index contributed by atoms with van der Waals surface area (Å²) < 4.78 is 10.8. The van der Waals surface area contributed by atoms with Crippen molar-refractivity contribution in [2.24, 2.45) is 0 Å². The van der Waals surface area contributed by atoms with E-state index >= 15 is 0 Å². The minimum absolute atomic E-state index is 0. The van der Waals surface area contributed by atoms with Crippen molar-refractivity contribution in [1.82, 2.24) is 18.8 Å². The summed E-state index contributed by atoms with van der Waals surface area (Å²) in [6, 6.07) is 41.7. The first-order chi connectivity index (χ1) is 24.9. The first-order valence-corrected chi connectivity index (χ1v) is 17.2. The van der Waals surface area contributed by atoms with E-state index in [0.29, 0.717) is 11.5 Å². The summed E-state index contributed by atoms with van der Waals surface area (Å²) in [6.45, 7) is 8.70. The Morgan fingerprint density at radius 3 is 1.35 bits per heavy atom. The van der Waals surface area contributed by atoms with Gasteiger partial charge in [-0.2, -0.15) is 0 Å². The van der Waals surface area contributed by atoms with Gasteiger partial charge in [0.1, 0.15) is 0 Å². The van der Waals surface area contributed by atoms with E-state index in [4.69, 9.17) is 14.7 Å². The number of aryl methyl sites for hydroxylation is 4. The van der Waals surface area contributed by atoms with Gasteiger partial charge in [0, 0.05) is 47.3 Å². The fourth-order valence-corrected chi connectivity index (χ4v) is 8.13. The zero-order valence-electron chi connectivity index (χ0n) is 29.1. The summed E-state index contributed by atoms with van der Waals surface area (Å²) in [7, 11) is 0. The van der Waals surface area contributed by atoms with E-state index in [1.807, 2.05) is 36.9 Å². The molecule has 4 aromatic heterocycles. The van der Waals surface area contributed by atoms with Crippen LogP contribution in [0.3, 0.4) is 0 Å². The molecule has 5 nitrogen and oxygen atoms in total. The molecule has 6 aromatic carbocycles. The number of hydrogen-bond acceptors (Lipinski definition) is 3. The maximum absolute atomic E-state index is 6.53. The van der Waals surface area contributed by atoms with Crippen LogP contribution >= 0.6 is 0 Å². The Morgan fingerprint density at radius 2 is 0.923 bits per heavy atom. The molecule has 0 spiro atoms. The quantitative estimate of drug-likeness (QED) is 0.131. The molecule has 0 amide bonds. The molecule has 6 heteroatoms. The number of fused-ring (bicyclic) bond motifs is 12. The van der Waals surface area contributed by atoms with Crippen molar-refractivity contribution in [3.63, 3.8) is 0 Å². The largest absolute Gasteiger partial charge is 2.00 e. The zero-order valence-corrected chi connectivity index (χ0v) is 31.3. The molecule has 0 saturated heterocycles. The van der Waals surface area contributed by atoms with E-state index in [-0.39, 0.29) is 21.1 Å². The first-order valence-electron chi connectivity index (χ1n) is 17.2. The van der Waals surface area contributed by atoms with Gasteiger partial charge in [0.15, 0.2) is 0 Å². The molecular weight excluding hydrogens is 820 g/mol. The summed E-state index contributed by atoms with van der Waals surface area (Å²) in [4.78, 5) is 9.50. The van der Waals surface area contributed by atoms with Gasteiger partial charge in [-0.25, -0.2) is 0 Å². The predicted octanol–water partition coefficient (Wildman–Crippen LogP) is 11.6. The zero-order chi connectivity index (χ0) is 34.4. The fourth-order valence-electron chi connectivity index (χ4n) is 8.13. The third kappa shape index (κ3) is 4.87. The number of aromatic nitrogens is 4. The number of rotatable bonds is 4. The van der Waals surface area contributed by atoms with Gasteiger partial charge < -0.3 is 13.5 Å². The molecule has 0 radical (unpaired) electrons. The first kappa shape index (κ1) is 32.2. The van der Waals surface area contributed by atoms with Gasteiger partial charge in [-0.15, -0.1) is 12.1 Å². The molecule has 0 aliphatic rings. The van der Waals surface area contributed by atoms with Crippen molar-refractivity contribution in [3.05, 3.63) is 156 Å². The van der Waals surface area contributed by atoms with E-state index in [1.54, 1.807) is 0 Å². The van der Waals surface area contributed by atoms with Crippen LogP contribution in [-0.2, 0) is 21.1 Å². The Hall–Kier alpha value is -5.77. The molecule has 252 valence electrons. The second kappa shape index (κ2) is 12.2. The fraction of sp³-hybridized carbons (Fsp3) is 0.0870. The average Bonchev–Trinajstić information content (AvgIpc) is 3.83. The van der Waals surface area contributed by atoms with E-state index in [1.165, 1.54) is 44.5 Å². The Bertz CT molecular complexity index is 2820. The third-order valence-corrected chi connectivity index (χ3v) is 10.4. The predicted molar refractivity (Wildman–Crippen MR) is 208 cm³/mol. The Morgan fingerprint density at radius 1 is 0.500 bits per heavy atom. The molecule has 0 saturated carbocycles. The van der Waals surface area contributed by atoms with Crippen molar-refractivity contribution < 1.29 is 25.8 Å². The average molecular weight is 852 g/mol. The van der Waals surface area contributed by atoms with Crippen LogP contribution in [0.4, 0.5) is 0 Å². The van der Waals surface area contributed by atoms with E-state index in [9.17, 15) is 0 Å². The summed E-state index contributed by atoms with van der Waals surface area (Å²) in [5.74, 6) is 1.21. The van der Waals surface area contributed by atoms with Gasteiger partial charge in [-0.05, 0) is 95.1 Å². The summed E-state index contributed by atoms with van der Waals surface area (Å²) >= 11 is 0. The molecule has 0 atom stereocenters. The van der Waals surface area contributed by atoms with Gasteiger partial charge in [0.05, 0.1) is 11.3 Å². The number of imidazole rings is 2. The molecule has 0 unspecified atom stereocenters. The minimum atomic E-state index is 0. The van der Waals surface area contributed by atoms with Crippen molar-refractivity contribution in [2.75, 3.05) is 0 Å². The molecule has 10 rings (SSSR count). The van der Waals surface area contributed by atoms with Gasteiger partial charge in [-0.3, -0.25) is 9.97 Å². The smallest absolute Gasteiger partial charge is 0.497 e. The van der Waals surface area contributed by atoms with E-state index in [2.05, 4.69) is 134 Å². The summed E-state index contributed by atoms with van der Waals surface area (Å²) in [6.07, 6.45) is 7.72. The molecule has 4 heterocycles. The molecule has 0 N–H and O–H groups in total. The summed E-state index contributed by atoms with van der Waals surface area (Å²) in [5, 5.41) is 6.26. The monoisotopic (exact) mass is 851 g/mol. The maximum atomic E-state index is 6.53. The standard InChI is InChI=1S/C46H32N4O.Pt/c1-27-7-5-8-28(2)43(27)31-11-17-41-37(23-31)35-15-13-33(25-39(35)45-47-19-21-49(41)45)51-34-14-16-36-38-24-32(44-29(3)9-6-10-30(44)4)12-18-42(38)50-22-20-48-46(50)40(36)26-34;/h5-24H,1-4H3;/q-2;+2. The number of nitrogens with zero attached hydrogens (tertiary/aromatic N) is 4. The Balaban J connectivity index is 0.00000360. The number of ether oxygens (including phenoxy) is 1. The van der Waals surface area contributed by atoms with Crippen LogP contribution in [-0.4, -0.2) is 18.8 Å². The van der Waals surface area contributed by atoms with Crippen LogP contribution in [0.1, 0.15) is 22.3 Å². The minimum Gasteiger partial charge on any atom is -0.497 e. The van der Waals surface area contributed by atoms with Crippen LogP contribution in [0.25, 0.3) is 76.9 Å². The number of hydrogen-bond donors (Lipinski definition) is 0. The molecule has 0 aliphatic carbocycles. The van der Waals surface area contributed by atoms with Crippen LogP contribution in [0.2, 0.25) is 0 Å². The van der Waals surface area contributed by atoms with Gasteiger partial charge in [0.25, 0.3) is 0 Å². The molecule has 0 aliphatic heterocycles. The van der Waals surface area contributed by atoms with E-state index in [0.717, 1.165) is 54.6 Å². The van der Waals surface area contributed by atoms with Crippen molar-refractivity contribution in [1.29, 1.82) is 0 Å². The van der Waals surface area contributed by atoms with Crippen LogP contribution in [0.5, 0.6) is 11.5 Å². The molecule has 0 fully saturated rings. The van der Waals surface area contributed by atoms with Crippen molar-refractivity contribution >= 4 is 54.6 Å². The maximum Gasteiger partial charge on any atom is 2.00 e. The second-order valence-corrected chi connectivity index (χ2v) is 13.6. The molecular formula is C46H32N4OPt. The Kier molecular flexibility index (Phi) is 7.53. The second-order valence-electron chi connectivity index (χ2n) is 13.6. The normalized spacial score (nSPS) is 11.7. The van der Waals surface area contributed by atoms with Gasteiger partial charge >= 0.3 is 21.1 Å². The van der Waals surface area contributed by atoms with Gasteiger partial charge in [0.2, 0.25) is 0 Å². The van der Waals surface area contributed by atoms with Gasteiger partial charge in [-0.1, -0.05) is 106 Å². The van der Waals surface area contributed by atoms with Crippen LogP contribution in [0.15, 0.2) is 122 Å². The Labute approximate surface area is 315 Å². The topological polar surface area (TPSA) is 43.8 Å². The molecule has 10 aromatic rings. The van der Waals surface area contributed by atoms with Crippen molar-refractivity contribution in [2.45, 2.75) is 27.7 Å². The van der Waals surface area contributed by atoms with Crippen LogP contribution in [0, 0.1) is 39.8 Å². The van der Waals surface area contributed by atoms with Crippen LogP contribution < -0.4 is 4.74 Å². The molecule has 0 bridgehead atoms. The molecule has 52 heavy (non-hydrogen) atoms. The van der Waals surface area contributed by atoms with Crippen molar-refractivity contribution in [3.8, 4) is 33.8 Å². The van der Waals surface area contributed by atoms with E-state index < -0.39 is 0 Å². The third-order valence-electron chi connectivity index (χ3n) is 10.4.